The van der Waals surface area contributed by atoms with Crippen molar-refractivity contribution in [3.8, 4) is 0 Å². The number of aliphatic carboxylic acids is 1. The summed E-state index contributed by atoms with van der Waals surface area (Å²) in [5.74, 6) is 2.07. The van der Waals surface area contributed by atoms with E-state index in [0.29, 0.717) is 29.6 Å². The average molecular weight is 379 g/mol. The molecule has 0 aromatic rings. The maximum atomic E-state index is 11.4. The molecular weight excluding hydrogens is 340 g/mol. The van der Waals surface area contributed by atoms with Gasteiger partial charge in [0.1, 0.15) is 0 Å². The topological polar surface area (TPSA) is 77.8 Å². The Labute approximate surface area is 163 Å². The maximum Gasteiger partial charge on any atom is 0.303 e. The van der Waals surface area contributed by atoms with E-state index in [1.54, 1.807) is 0 Å². The molecule has 4 heteroatoms. The zero-order chi connectivity index (χ0) is 19.6. The summed E-state index contributed by atoms with van der Waals surface area (Å²) in [6.07, 6.45) is 8.22. The van der Waals surface area contributed by atoms with Crippen LogP contribution < -0.4 is 0 Å². The van der Waals surface area contributed by atoms with Crippen LogP contribution >= 0.6 is 0 Å². The van der Waals surface area contributed by atoms with Crippen molar-refractivity contribution in [2.75, 3.05) is 0 Å². The van der Waals surface area contributed by atoms with Crippen molar-refractivity contribution in [1.82, 2.24) is 0 Å². The molecule has 154 valence electrons. The van der Waals surface area contributed by atoms with Crippen LogP contribution in [0.15, 0.2) is 0 Å². The molecule has 4 rings (SSSR count). The van der Waals surface area contributed by atoms with Crippen molar-refractivity contribution in [2.45, 2.75) is 90.8 Å². The molecule has 0 aromatic heterocycles. The van der Waals surface area contributed by atoms with E-state index in [-0.39, 0.29) is 35.4 Å². The minimum Gasteiger partial charge on any atom is -0.481 e. The highest BCUT2D eigenvalue weighted by atomic mass is 16.4. The Kier molecular flexibility index (Phi) is 4.91. The Morgan fingerprint density at radius 1 is 1.04 bits per heavy atom. The smallest absolute Gasteiger partial charge is 0.303 e. The van der Waals surface area contributed by atoms with E-state index in [1.165, 1.54) is 12.8 Å². The van der Waals surface area contributed by atoms with Gasteiger partial charge in [0.05, 0.1) is 12.2 Å². The van der Waals surface area contributed by atoms with Gasteiger partial charge in [-0.05, 0) is 97.7 Å². The molecule has 0 amide bonds. The SMILES string of the molecule is C[C@H](CC(=O)O)[C@H]1CC[C@@H]2[C@@H]3CC[C@@H]4C[C@H](O)CC[C@]4(C)[C@@H]3C[C@H](O)[C@@]21C. The van der Waals surface area contributed by atoms with Gasteiger partial charge in [-0.3, -0.25) is 4.79 Å². The van der Waals surface area contributed by atoms with Gasteiger partial charge < -0.3 is 15.3 Å². The van der Waals surface area contributed by atoms with Gasteiger partial charge in [-0.25, -0.2) is 0 Å². The molecule has 27 heavy (non-hydrogen) atoms. The lowest BCUT2D eigenvalue weighted by molar-refractivity contribution is -0.175. The number of aliphatic hydroxyl groups is 2. The number of carboxylic acids is 1. The van der Waals surface area contributed by atoms with Crippen molar-refractivity contribution in [3.63, 3.8) is 0 Å². The summed E-state index contributed by atoms with van der Waals surface area (Å²) in [7, 11) is 0. The van der Waals surface area contributed by atoms with Crippen LogP contribution in [0.2, 0.25) is 0 Å². The highest BCUT2D eigenvalue weighted by Crippen LogP contribution is 2.68. The van der Waals surface area contributed by atoms with Crippen LogP contribution in [0.4, 0.5) is 0 Å². The molecule has 0 aromatic carbocycles. The van der Waals surface area contributed by atoms with E-state index in [0.717, 1.165) is 38.5 Å². The van der Waals surface area contributed by atoms with Gasteiger partial charge >= 0.3 is 5.97 Å². The fourth-order valence-corrected chi connectivity index (χ4v) is 8.58. The van der Waals surface area contributed by atoms with E-state index in [4.69, 9.17) is 0 Å². The van der Waals surface area contributed by atoms with Crippen LogP contribution in [0.3, 0.4) is 0 Å². The second-order valence-corrected chi connectivity index (χ2v) is 11.0. The zero-order valence-electron chi connectivity index (χ0n) is 17.2. The van der Waals surface area contributed by atoms with E-state index in [9.17, 15) is 20.1 Å². The second kappa shape index (κ2) is 6.73. The van der Waals surface area contributed by atoms with Crippen LogP contribution in [-0.2, 0) is 4.79 Å². The molecule has 0 unspecified atom stereocenters. The van der Waals surface area contributed by atoms with E-state index >= 15 is 0 Å². The lowest BCUT2D eigenvalue weighted by atomic mass is 9.43. The quantitative estimate of drug-likeness (QED) is 0.691. The molecule has 0 saturated heterocycles. The zero-order valence-corrected chi connectivity index (χ0v) is 17.2. The fourth-order valence-electron chi connectivity index (χ4n) is 8.58. The van der Waals surface area contributed by atoms with Crippen molar-refractivity contribution in [2.24, 2.45) is 46.3 Å². The third-order valence-electron chi connectivity index (χ3n) is 10.00. The Morgan fingerprint density at radius 2 is 1.78 bits per heavy atom. The molecule has 0 aliphatic heterocycles. The first-order chi connectivity index (χ1) is 12.7. The molecule has 4 aliphatic rings. The highest BCUT2D eigenvalue weighted by Gasteiger charge is 2.63. The number of rotatable bonds is 3. The number of carboxylic acid groups (broad SMARTS) is 1. The highest BCUT2D eigenvalue weighted by molar-refractivity contribution is 5.67. The van der Waals surface area contributed by atoms with Crippen LogP contribution in [0.5, 0.6) is 0 Å². The van der Waals surface area contributed by atoms with Crippen molar-refractivity contribution >= 4 is 5.97 Å². The largest absolute Gasteiger partial charge is 0.481 e. The first-order valence-corrected chi connectivity index (χ1v) is 11.3. The molecule has 4 fully saturated rings. The predicted molar refractivity (Wildman–Crippen MR) is 104 cm³/mol. The Hall–Kier alpha value is -0.610. The van der Waals surface area contributed by atoms with Crippen LogP contribution in [0.25, 0.3) is 0 Å². The van der Waals surface area contributed by atoms with Crippen LogP contribution in [0, 0.1) is 46.3 Å². The summed E-state index contributed by atoms with van der Waals surface area (Å²) < 4.78 is 0. The third kappa shape index (κ3) is 2.88. The summed E-state index contributed by atoms with van der Waals surface area (Å²) in [4.78, 5) is 11.3. The molecule has 0 spiro atoms. The molecule has 4 saturated carbocycles. The molecule has 4 aliphatic carbocycles. The predicted octanol–water partition coefficient (Wildman–Crippen LogP) is 4.09. The third-order valence-corrected chi connectivity index (χ3v) is 10.00. The van der Waals surface area contributed by atoms with Crippen molar-refractivity contribution in [1.29, 1.82) is 0 Å². The van der Waals surface area contributed by atoms with Gasteiger partial charge in [-0.15, -0.1) is 0 Å². The second-order valence-electron chi connectivity index (χ2n) is 11.0. The normalized spacial score (nSPS) is 53.1. The van der Waals surface area contributed by atoms with Crippen molar-refractivity contribution < 1.29 is 20.1 Å². The van der Waals surface area contributed by atoms with Crippen LogP contribution in [-0.4, -0.2) is 33.5 Å². The molecule has 0 heterocycles. The summed E-state index contributed by atoms with van der Waals surface area (Å²) in [5.41, 5.74) is 0.128. The number of fused-ring (bicyclic) bond motifs is 5. The maximum absolute atomic E-state index is 11.4. The van der Waals surface area contributed by atoms with E-state index < -0.39 is 5.97 Å². The number of carbonyl (C=O) groups is 1. The minimum absolute atomic E-state index is 0.125. The van der Waals surface area contributed by atoms with E-state index in [2.05, 4.69) is 20.8 Å². The van der Waals surface area contributed by atoms with Gasteiger partial charge in [0.15, 0.2) is 0 Å². The molecule has 4 nitrogen and oxygen atoms in total. The summed E-state index contributed by atoms with van der Waals surface area (Å²) in [5, 5.41) is 30.8. The van der Waals surface area contributed by atoms with Gasteiger partial charge in [0, 0.05) is 6.42 Å². The van der Waals surface area contributed by atoms with Gasteiger partial charge in [0.25, 0.3) is 0 Å². The molecular formula is C23H38O4. The lowest BCUT2D eigenvalue weighted by Gasteiger charge is -2.62. The Bertz CT molecular complexity index is 591. The molecule has 10 atom stereocenters. The van der Waals surface area contributed by atoms with Crippen molar-refractivity contribution in [3.05, 3.63) is 0 Å². The monoisotopic (exact) mass is 378 g/mol. The van der Waals surface area contributed by atoms with Gasteiger partial charge in [-0.2, -0.15) is 0 Å². The molecule has 0 radical (unpaired) electrons. The summed E-state index contributed by atoms with van der Waals surface area (Å²) >= 11 is 0. The number of hydrogen-bond acceptors (Lipinski definition) is 3. The fraction of sp³-hybridized carbons (Fsp3) is 0.957. The summed E-state index contributed by atoms with van der Waals surface area (Å²) in [6, 6.07) is 0. The van der Waals surface area contributed by atoms with Crippen LogP contribution in [0.1, 0.15) is 78.6 Å². The Morgan fingerprint density at radius 3 is 2.48 bits per heavy atom. The average Bonchev–Trinajstić information content (AvgIpc) is 2.95. The first-order valence-electron chi connectivity index (χ1n) is 11.3. The number of hydrogen-bond donors (Lipinski definition) is 3. The summed E-state index contributed by atoms with van der Waals surface area (Å²) in [6.45, 7) is 6.79. The lowest BCUT2D eigenvalue weighted by Crippen LogP contribution is -2.58. The van der Waals surface area contributed by atoms with Gasteiger partial charge in [0.2, 0.25) is 0 Å². The number of aliphatic hydroxyl groups excluding tert-OH is 2. The Balaban J connectivity index is 1.60. The molecule has 3 N–H and O–H groups in total. The van der Waals surface area contributed by atoms with E-state index in [1.807, 2.05) is 0 Å². The van der Waals surface area contributed by atoms with Gasteiger partial charge in [-0.1, -0.05) is 20.8 Å². The molecule has 0 bridgehead atoms. The standard InChI is InChI=1S/C23H38O4/c1-13(10-21(26)27)17-6-7-18-16-5-4-14-11-15(24)8-9-22(14,2)19(16)12-20(25)23(17,18)3/h13-20,24-25H,4-12H2,1-3H3,(H,26,27)/t13-,14-,15-,16+,17-,18-,19-,20+,22+,23-/m1/s1. The minimum atomic E-state index is -0.716. The first kappa shape index (κ1) is 19.7.